The van der Waals surface area contributed by atoms with E-state index in [2.05, 4.69) is 22.6 Å². The number of rotatable bonds is 0. The lowest BCUT2D eigenvalue weighted by Crippen LogP contribution is -2.14. The number of alkyl halides is 1. The Morgan fingerprint density at radius 3 is 3.00 bits per heavy atom. The standard InChI is InChI=1S/C8H9IO2/c9-6-3-5-1-2-11-8(10)7(5)4-6/h6H,1-4H2. The van der Waals surface area contributed by atoms with Crippen LogP contribution < -0.4 is 0 Å². The van der Waals surface area contributed by atoms with Gasteiger partial charge < -0.3 is 4.74 Å². The van der Waals surface area contributed by atoms with E-state index in [1.54, 1.807) is 0 Å². The highest BCUT2D eigenvalue weighted by Gasteiger charge is 2.30. The molecule has 2 aliphatic rings. The maximum absolute atomic E-state index is 11.1. The quantitative estimate of drug-likeness (QED) is 0.379. The minimum Gasteiger partial charge on any atom is -0.462 e. The summed E-state index contributed by atoms with van der Waals surface area (Å²) in [5.41, 5.74) is 2.32. The van der Waals surface area contributed by atoms with E-state index in [4.69, 9.17) is 4.74 Å². The molecule has 1 aliphatic carbocycles. The highest BCUT2D eigenvalue weighted by Crippen LogP contribution is 2.36. The van der Waals surface area contributed by atoms with Crippen LogP contribution in [0.2, 0.25) is 0 Å². The molecule has 1 unspecified atom stereocenters. The first kappa shape index (κ1) is 7.58. The van der Waals surface area contributed by atoms with E-state index >= 15 is 0 Å². The van der Waals surface area contributed by atoms with Crippen LogP contribution in [0.3, 0.4) is 0 Å². The summed E-state index contributed by atoms with van der Waals surface area (Å²) in [6.45, 7) is 0.598. The van der Waals surface area contributed by atoms with E-state index in [9.17, 15) is 4.79 Å². The molecule has 1 heterocycles. The van der Waals surface area contributed by atoms with Gasteiger partial charge in [0.1, 0.15) is 0 Å². The molecule has 2 nitrogen and oxygen atoms in total. The number of esters is 1. The van der Waals surface area contributed by atoms with Crippen LogP contribution in [-0.4, -0.2) is 16.5 Å². The van der Waals surface area contributed by atoms with Crippen molar-refractivity contribution in [2.75, 3.05) is 6.61 Å². The van der Waals surface area contributed by atoms with E-state index in [-0.39, 0.29) is 5.97 Å². The lowest BCUT2D eigenvalue weighted by atomic mass is 10.1. The molecule has 11 heavy (non-hydrogen) atoms. The molecule has 1 aliphatic heterocycles. The number of halogens is 1. The van der Waals surface area contributed by atoms with Crippen molar-refractivity contribution in [3.05, 3.63) is 11.1 Å². The molecule has 0 N–H and O–H groups in total. The van der Waals surface area contributed by atoms with Gasteiger partial charge in [0.2, 0.25) is 0 Å². The van der Waals surface area contributed by atoms with E-state index < -0.39 is 0 Å². The topological polar surface area (TPSA) is 26.3 Å². The second kappa shape index (κ2) is 2.77. The number of ether oxygens (including phenoxy) is 1. The molecule has 0 aromatic heterocycles. The van der Waals surface area contributed by atoms with Crippen molar-refractivity contribution >= 4 is 28.6 Å². The summed E-state index contributed by atoms with van der Waals surface area (Å²) in [6.07, 6.45) is 3.00. The van der Waals surface area contributed by atoms with Gasteiger partial charge in [-0.25, -0.2) is 4.79 Å². The number of hydrogen-bond donors (Lipinski definition) is 0. The second-order valence-corrected chi connectivity index (χ2v) is 4.74. The van der Waals surface area contributed by atoms with Crippen molar-refractivity contribution in [1.82, 2.24) is 0 Å². The first-order valence-corrected chi connectivity index (χ1v) is 5.04. The molecule has 2 rings (SSSR count). The fourth-order valence-electron chi connectivity index (χ4n) is 1.66. The second-order valence-electron chi connectivity index (χ2n) is 2.97. The van der Waals surface area contributed by atoms with E-state index in [1.165, 1.54) is 5.57 Å². The Morgan fingerprint density at radius 1 is 1.45 bits per heavy atom. The molecule has 0 fully saturated rings. The largest absolute Gasteiger partial charge is 0.462 e. The summed E-state index contributed by atoms with van der Waals surface area (Å²) in [6, 6.07) is 0. The number of carbonyl (C=O) groups excluding carboxylic acids is 1. The normalized spacial score (nSPS) is 30.3. The van der Waals surface area contributed by atoms with Gasteiger partial charge >= 0.3 is 5.97 Å². The molecule has 0 saturated heterocycles. The van der Waals surface area contributed by atoms with Crippen molar-refractivity contribution in [2.45, 2.75) is 23.2 Å². The van der Waals surface area contributed by atoms with Gasteiger partial charge in [-0.3, -0.25) is 0 Å². The van der Waals surface area contributed by atoms with Gasteiger partial charge in [-0.2, -0.15) is 0 Å². The molecule has 0 aromatic rings. The van der Waals surface area contributed by atoms with Gasteiger partial charge in [-0.1, -0.05) is 28.2 Å². The summed E-state index contributed by atoms with van der Waals surface area (Å²) < 4.78 is 5.57. The van der Waals surface area contributed by atoms with Crippen LogP contribution in [0.4, 0.5) is 0 Å². The third-order valence-corrected chi connectivity index (χ3v) is 3.08. The zero-order valence-corrected chi connectivity index (χ0v) is 8.26. The van der Waals surface area contributed by atoms with Gasteiger partial charge in [0.05, 0.1) is 6.61 Å². The van der Waals surface area contributed by atoms with Crippen molar-refractivity contribution < 1.29 is 9.53 Å². The lowest BCUT2D eigenvalue weighted by Gasteiger charge is -2.12. The summed E-state index contributed by atoms with van der Waals surface area (Å²) in [5, 5.41) is 0. The Labute approximate surface area is 79.1 Å². The molecule has 1 atom stereocenters. The van der Waals surface area contributed by atoms with Gasteiger partial charge in [-0.05, 0) is 12.8 Å². The smallest absolute Gasteiger partial charge is 0.334 e. The third kappa shape index (κ3) is 1.30. The minimum atomic E-state index is -0.0644. The van der Waals surface area contributed by atoms with Crippen LogP contribution in [0.1, 0.15) is 19.3 Å². The van der Waals surface area contributed by atoms with Crippen LogP contribution in [-0.2, 0) is 9.53 Å². The van der Waals surface area contributed by atoms with E-state index in [0.29, 0.717) is 10.5 Å². The van der Waals surface area contributed by atoms with Gasteiger partial charge in [-0.15, -0.1) is 0 Å². The Kier molecular flexibility index (Phi) is 1.91. The monoisotopic (exact) mass is 264 g/mol. The first-order valence-electron chi connectivity index (χ1n) is 3.79. The van der Waals surface area contributed by atoms with Crippen LogP contribution in [0.15, 0.2) is 11.1 Å². The highest BCUT2D eigenvalue weighted by atomic mass is 127. The molecule has 0 amide bonds. The third-order valence-electron chi connectivity index (χ3n) is 2.20. The zero-order chi connectivity index (χ0) is 7.84. The van der Waals surface area contributed by atoms with Crippen LogP contribution in [0, 0.1) is 0 Å². The van der Waals surface area contributed by atoms with Gasteiger partial charge in [0.25, 0.3) is 0 Å². The van der Waals surface area contributed by atoms with Crippen molar-refractivity contribution in [3.63, 3.8) is 0 Å². The molecular formula is C8H9IO2. The van der Waals surface area contributed by atoms with Crippen LogP contribution in [0.5, 0.6) is 0 Å². The molecule has 0 saturated carbocycles. The van der Waals surface area contributed by atoms with Gasteiger partial charge in [0.15, 0.2) is 0 Å². The number of cyclic esters (lactones) is 1. The molecule has 0 bridgehead atoms. The zero-order valence-electron chi connectivity index (χ0n) is 6.10. The predicted molar refractivity (Wildman–Crippen MR) is 49.6 cm³/mol. The Morgan fingerprint density at radius 2 is 2.27 bits per heavy atom. The highest BCUT2D eigenvalue weighted by molar-refractivity contribution is 14.1. The number of carbonyl (C=O) groups is 1. The fraction of sp³-hybridized carbons (Fsp3) is 0.625. The van der Waals surface area contributed by atoms with Crippen molar-refractivity contribution in [1.29, 1.82) is 0 Å². The summed E-state index contributed by atoms with van der Waals surface area (Å²) in [5.74, 6) is -0.0644. The van der Waals surface area contributed by atoms with Crippen molar-refractivity contribution in [2.24, 2.45) is 0 Å². The first-order chi connectivity index (χ1) is 5.27. The number of hydrogen-bond acceptors (Lipinski definition) is 2. The van der Waals surface area contributed by atoms with Crippen LogP contribution >= 0.6 is 22.6 Å². The Hall–Kier alpha value is -0.0600. The lowest BCUT2D eigenvalue weighted by molar-refractivity contribution is -0.140. The molecule has 0 aromatic carbocycles. The fourth-order valence-corrected chi connectivity index (χ4v) is 2.64. The van der Waals surface area contributed by atoms with E-state index in [0.717, 1.165) is 24.8 Å². The SMILES string of the molecule is O=C1OCCC2=C1CC(I)C2. The van der Waals surface area contributed by atoms with Crippen molar-refractivity contribution in [3.8, 4) is 0 Å². The summed E-state index contributed by atoms with van der Waals surface area (Å²) in [7, 11) is 0. The minimum absolute atomic E-state index is 0.0644. The predicted octanol–water partition coefficient (Wildman–Crippen LogP) is 1.83. The average Bonchev–Trinajstić information content (AvgIpc) is 2.31. The average molecular weight is 264 g/mol. The maximum atomic E-state index is 11.1. The Balaban J connectivity index is 2.25. The molecular weight excluding hydrogens is 255 g/mol. The molecule has 3 heteroatoms. The molecule has 0 radical (unpaired) electrons. The summed E-state index contributed by atoms with van der Waals surface area (Å²) in [4.78, 5) is 11.1. The Bertz CT molecular complexity index is 232. The molecule has 0 spiro atoms. The maximum Gasteiger partial charge on any atom is 0.334 e. The van der Waals surface area contributed by atoms with E-state index in [1.807, 2.05) is 0 Å². The summed E-state index contributed by atoms with van der Waals surface area (Å²) >= 11 is 2.40. The van der Waals surface area contributed by atoms with Crippen LogP contribution in [0.25, 0.3) is 0 Å². The molecule has 60 valence electrons. The van der Waals surface area contributed by atoms with Gasteiger partial charge in [0, 0.05) is 15.9 Å².